The Morgan fingerprint density at radius 3 is 2.39 bits per heavy atom. The fourth-order valence-electron chi connectivity index (χ4n) is 4.53. The van der Waals surface area contributed by atoms with Gasteiger partial charge >= 0.3 is 11.7 Å². The van der Waals surface area contributed by atoms with E-state index < -0.39 is 5.82 Å². The number of halogens is 1. The molecule has 2 aromatic carbocycles. The Kier molecular flexibility index (Phi) is 7.66. The van der Waals surface area contributed by atoms with Crippen LogP contribution in [-0.2, 0) is 18.3 Å². The van der Waals surface area contributed by atoms with E-state index in [1.807, 2.05) is 38.1 Å². The summed E-state index contributed by atoms with van der Waals surface area (Å²) in [5.41, 5.74) is 8.71. The highest BCUT2D eigenvalue weighted by Crippen LogP contribution is 2.36. The summed E-state index contributed by atoms with van der Waals surface area (Å²) in [4.78, 5) is 41.9. The first kappa shape index (κ1) is 26.3. The summed E-state index contributed by atoms with van der Waals surface area (Å²) in [6.07, 6.45) is 3.79. The molecule has 1 aliphatic heterocycles. The second-order valence-corrected chi connectivity index (χ2v) is 8.65. The van der Waals surface area contributed by atoms with Crippen LogP contribution in [0.5, 0.6) is 0 Å². The molecule has 0 aliphatic carbocycles. The molecule has 11 heteroatoms. The molecule has 0 atom stereocenters. The van der Waals surface area contributed by atoms with Crippen molar-refractivity contribution in [3.8, 4) is 16.9 Å². The lowest BCUT2D eigenvalue weighted by atomic mass is 9.98. The summed E-state index contributed by atoms with van der Waals surface area (Å²) in [7, 11) is 1.58. The van der Waals surface area contributed by atoms with Gasteiger partial charge in [0.2, 0.25) is 6.41 Å². The SMILES string of the molecule is CCc1c(-c2ccc(-n3cnn(C)c3=O)cn2)ccc(F)c1N1CCN(c2cccc(C)c2)C1=O.NC=O. The summed E-state index contributed by atoms with van der Waals surface area (Å²) in [5, 5.41) is 3.96. The van der Waals surface area contributed by atoms with Crippen LogP contribution in [0.3, 0.4) is 0 Å². The molecule has 0 radical (unpaired) electrons. The Labute approximate surface area is 218 Å². The monoisotopic (exact) mass is 517 g/mol. The van der Waals surface area contributed by atoms with E-state index in [1.54, 1.807) is 36.3 Å². The van der Waals surface area contributed by atoms with Gasteiger partial charge in [-0.2, -0.15) is 5.10 Å². The van der Waals surface area contributed by atoms with Crippen LogP contribution in [0.4, 0.5) is 20.6 Å². The number of benzene rings is 2. The first-order valence-corrected chi connectivity index (χ1v) is 12.0. The molecule has 10 nitrogen and oxygen atoms in total. The second kappa shape index (κ2) is 11.1. The van der Waals surface area contributed by atoms with Gasteiger partial charge in [0.05, 0.1) is 23.3 Å². The van der Waals surface area contributed by atoms with Gasteiger partial charge in [-0.15, -0.1) is 0 Å². The van der Waals surface area contributed by atoms with Crippen molar-refractivity contribution in [2.75, 3.05) is 22.9 Å². The van der Waals surface area contributed by atoms with Crippen molar-refractivity contribution in [2.24, 2.45) is 12.8 Å². The van der Waals surface area contributed by atoms with Crippen molar-refractivity contribution in [3.63, 3.8) is 0 Å². The minimum atomic E-state index is -0.441. The van der Waals surface area contributed by atoms with E-state index in [-0.39, 0.29) is 18.1 Å². The molecule has 4 aromatic rings. The number of carbonyl (C=O) groups is 2. The van der Waals surface area contributed by atoms with E-state index in [4.69, 9.17) is 4.79 Å². The Hall–Kier alpha value is -4.80. The maximum atomic E-state index is 15.2. The van der Waals surface area contributed by atoms with Gasteiger partial charge in [0.1, 0.15) is 12.1 Å². The predicted octanol–water partition coefficient (Wildman–Crippen LogP) is 3.19. The fraction of sp³-hybridized carbons (Fsp3) is 0.222. The zero-order valence-corrected chi connectivity index (χ0v) is 21.3. The minimum Gasteiger partial charge on any atom is -0.372 e. The van der Waals surface area contributed by atoms with Gasteiger partial charge < -0.3 is 5.73 Å². The Morgan fingerprint density at radius 1 is 1.05 bits per heavy atom. The number of anilines is 2. The van der Waals surface area contributed by atoms with Gasteiger partial charge in [0, 0.05) is 31.4 Å². The van der Waals surface area contributed by atoms with Crippen LogP contribution in [0.15, 0.2) is 65.8 Å². The number of urea groups is 1. The first-order chi connectivity index (χ1) is 18.3. The van der Waals surface area contributed by atoms with Crippen molar-refractivity contribution in [1.29, 1.82) is 0 Å². The van der Waals surface area contributed by atoms with Gasteiger partial charge in [-0.1, -0.05) is 19.1 Å². The van der Waals surface area contributed by atoms with E-state index in [0.717, 1.165) is 16.8 Å². The lowest BCUT2D eigenvalue weighted by Crippen LogP contribution is -2.33. The number of pyridine rings is 1. The Bertz CT molecular complexity index is 1530. The standard InChI is InChI=1S/C26H25FN6O2.CH3NO/c1-4-20-21(23-11-8-19(15-28-23)33-16-29-30(3)25(33)34)9-10-22(27)24(20)32-13-12-31(26(32)35)18-7-5-6-17(2)14-18;2-1-3/h5-11,14-16H,4,12-13H2,1-3H3;1H,(H2,2,3). The molecule has 38 heavy (non-hydrogen) atoms. The lowest BCUT2D eigenvalue weighted by molar-refractivity contribution is -0.106. The van der Waals surface area contributed by atoms with Crippen LogP contribution in [0, 0.1) is 12.7 Å². The van der Waals surface area contributed by atoms with Crippen LogP contribution in [0.1, 0.15) is 18.1 Å². The smallest absolute Gasteiger partial charge is 0.350 e. The van der Waals surface area contributed by atoms with Gasteiger partial charge in [-0.05, 0) is 60.9 Å². The van der Waals surface area contributed by atoms with Crippen LogP contribution in [-0.4, -0.2) is 44.9 Å². The molecule has 0 unspecified atom stereocenters. The van der Waals surface area contributed by atoms with E-state index in [1.165, 1.54) is 26.5 Å². The third kappa shape index (κ3) is 4.90. The number of aryl methyl sites for hydroxylation is 2. The van der Waals surface area contributed by atoms with Crippen LogP contribution >= 0.6 is 0 Å². The molecule has 1 fully saturated rings. The van der Waals surface area contributed by atoms with Gasteiger partial charge in [-0.3, -0.25) is 19.6 Å². The topological polar surface area (TPSA) is 119 Å². The number of amides is 3. The summed E-state index contributed by atoms with van der Waals surface area (Å²) in [5.74, 6) is -0.441. The highest BCUT2D eigenvalue weighted by Gasteiger charge is 2.34. The zero-order valence-electron chi connectivity index (χ0n) is 21.3. The molecule has 0 saturated carbocycles. The quantitative estimate of drug-likeness (QED) is 0.408. The predicted molar refractivity (Wildman–Crippen MR) is 143 cm³/mol. The van der Waals surface area contributed by atoms with Crippen molar-refractivity contribution >= 4 is 23.8 Å². The summed E-state index contributed by atoms with van der Waals surface area (Å²) in [6.45, 7) is 4.77. The number of nitrogens with two attached hydrogens (primary N) is 1. The summed E-state index contributed by atoms with van der Waals surface area (Å²) < 4.78 is 17.8. The maximum absolute atomic E-state index is 15.2. The number of hydrogen-bond donors (Lipinski definition) is 1. The van der Waals surface area contributed by atoms with Crippen LogP contribution in [0.25, 0.3) is 16.9 Å². The lowest BCUT2D eigenvalue weighted by Gasteiger charge is -2.23. The number of primary amides is 1. The van der Waals surface area contributed by atoms with E-state index in [9.17, 15) is 9.59 Å². The Balaban J connectivity index is 0.00000107. The molecule has 3 heterocycles. The van der Waals surface area contributed by atoms with Crippen molar-refractivity contribution in [1.82, 2.24) is 19.3 Å². The molecule has 5 rings (SSSR count). The summed E-state index contributed by atoms with van der Waals surface area (Å²) >= 11 is 0. The molecular weight excluding hydrogens is 489 g/mol. The number of hydrogen-bond acceptors (Lipinski definition) is 5. The molecule has 2 aromatic heterocycles. The Morgan fingerprint density at radius 2 is 1.79 bits per heavy atom. The van der Waals surface area contributed by atoms with Crippen molar-refractivity contribution in [2.45, 2.75) is 20.3 Å². The van der Waals surface area contributed by atoms with Gasteiger partial charge in [0.25, 0.3) is 0 Å². The normalized spacial score (nSPS) is 12.9. The second-order valence-electron chi connectivity index (χ2n) is 8.65. The van der Waals surface area contributed by atoms with Crippen molar-refractivity contribution < 1.29 is 14.0 Å². The molecule has 1 aliphatic rings. The van der Waals surface area contributed by atoms with Gasteiger partial charge in [-0.25, -0.2) is 23.2 Å². The third-order valence-corrected chi connectivity index (χ3v) is 6.30. The molecule has 0 bridgehead atoms. The van der Waals surface area contributed by atoms with Crippen LogP contribution < -0.4 is 21.2 Å². The summed E-state index contributed by atoms with van der Waals surface area (Å²) in [6, 6.07) is 14.1. The van der Waals surface area contributed by atoms with Crippen molar-refractivity contribution in [3.05, 3.63) is 88.5 Å². The molecule has 1 saturated heterocycles. The maximum Gasteiger partial charge on any atom is 0.350 e. The molecular formula is C27H28FN7O3. The molecule has 196 valence electrons. The highest BCUT2D eigenvalue weighted by atomic mass is 19.1. The van der Waals surface area contributed by atoms with Gasteiger partial charge in [0.15, 0.2) is 0 Å². The fourth-order valence-corrected chi connectivity index (χ4v) is 4.53. The van der Waals surface area contributed by atoms with E-state index >= 15 is 4.39 Å². The molecule has 2 N–H and O–H groups in total. The van der Waals surface area contributed by atoms with Crippen LogP contribution in [0.2, 0.25) is 0 Å². The number of rotatable bonds is 5. The largest absolute Gasteiger partial charge is 0.372 e. The number of aromatic nitrogens is 4. The number of nitrogens with zero attached hydrogens (tertiary/aromatic N) is 6. The highest BCUT2D eigenvalue weighted by molar-refractivity contribution is 6.07. The minimum absolute atomic E-state index is 0.249. The average molecular weight is 518 g/mol. The molecule has 0 spiro atoms. The number of carbonyl (C=O) groups excluding carboxylic acids is 2. The van der Waals surface area contributed by atoms with E-state index in [0.29, 0.717) is 42.1 Å². The average Bonchev–Trinajstić information content (AvgIpc) is 3.45. The third-order valence-electron chi connectivity index (χ3n) is 6.30. The first-order valence-electron chi connectivity index (χ1n) is 12.0. The zero-order chi connectivity index (χ0) is 27.4. The van der Waals surface area contributed by atoms with E-state index in [2.05, 4.69) is 15.8 Å². The molecule has 3 amide bonds.